The van der Waals surface area contributed by atoms with Gasteiger partial charge in [0.2, 0.25) is 0 Å². The fourth-order valence-electron chi connectivity index (χ4n) is 1.23. The SMILES string of the molecule is Cc1cc(NCC2(F)CC2)cnc1Cl. The summed E-state index contributed by atoms with van der Waals surface area (Å²) in [7, 11) is 0. The molecule has 1 heterocycles. The monoisotopic (exact) mass is 214 g/mol. The highest BCUT2D eigenvalue weighted by molar-refractivity contribution is 6.30. The summed E-state index contributed by atoms with van der Waals surface area (Å²) >= 11 is 5.77. The summed E-state index contributed by atoms with van der Waals surface area (Å²) in [6.07, 6.45) is 2.96. The van der Waals surface area contributed by atoms with Crippen molar-refractivity contribution in [2.45, 2.75) is 25.4 Å². The Balaban J connectivity index is 1.99. The Bertz CT molecular complexity index is 350. The van der Waals surface area contributed by atoms with E-state index in [0.29, 0.717) is 24.5 Å². The second-order valence-corrected chi connectivity index (χ2v) is 4.19. The Morgan fingerprint density at radius 1 is 1.64 bits per heavy atom. The molecule has 0 aromatic carbocycles. The van der Waals surface area contributed by atoms with Crippen LogP contribution in [0.15, 0.2) is 12.3 Å². The minimum Gasteiger partial charge on any atom is -0.381 e. The Morgan fingerprint density at radius 3 is 2.93 bits per heavy atom. The first-order valence-corrected chi connectivity index (χ1v) is 5.02. The van der Waals surface area contributed by atoms with Crippen molar-refractivity contribution in [2.75, 3.05) is 11.9 Å². The molecule has 0 unspecified atom stereocenters. The van der Waals surface area contributed by atoms with E-state index >= 15 is 0 Å². The van der Waals surface area contributed by atoms with Gasteiger partial charge in [0.25, 0.3) is 0 Å². The van der Waals surface area contributed by atoms with Gasteiger partial charge in [0.1, 0.15) is 10.8 Å². The molecule has 1 N–H and O–H groups in total. The molecule has 1 aromatic rings. The minimum absolute atomic E-state index is 0.371. The second-order valence-electron chi connectivity index (χ2n) is 3.84. The molecule has 0 saturated heterocycles. The largest absolute Gasteiger partial charge is 0.381 e. The number of hydrogen-bond donors (Lipinski definition) is 1. The highest BCUT2D eigenvalue weighted by atomic mass is 35.5. The maximum absolute atomic E-state index is 13.3. The predicted molar refractivity (Wildman–Crippen MR) is 55.5 cm³/mol. The fourth-order valence-corrected chi connectivity index (χ4v) is 1.33. The van der Waals surface area contributed by atoms with E-state index in [1.54, 1.807) is 6.20 Å². The first-order chi connectivity index (χ1) is 6.59. The van der Waals surface area contributed by atoms with E-state index in [1.807, 2.05) is 13.0 Å². The van der Waals surface area contributed by atoms with Gasteiger partial charge in [-0.1, -0.05) is 11.6 Å². The zero-order chi connectivity index (χ0) is 10.2. The van der Waals surface area contributed by atoms with Crippen LogP contribution in [0.3, 0.4) is 0 Å². The van der Waals surface area contributed by atoms with Gasteiger partial charge in [-0.2, -0.15) is 0 Å². The molecule has 0 aliphatic heterocycles. The van der Waals surface area contributed by atoms with Crippen molar-refractivity contribution in [2.24, 2.45) is 0 Å². The number of aromatic nitrogens is 1. The van der Waals surface area contributed by atoms with Gasteiger partial charge in [-0.15, -0.1) is 0 Å². The van der Waals surface area contributed by atoms with Crippen LogP contribution in [0.4, 0.5) is 10.1 Å². The van der Waals surface area contributed by atoms with Crippen molar-refractivity contribution in [1.82, 2.24) is 4.98 Å². The Labute approximate surface area is 87.5 Å². The van der Waals surface area contributed by atoms with E-state index in [2.05, 4.69) is 10.3 Å². The van der Waals surface area contributed by atoms with Crippen LogP contribution >= 0.6 is 11.6 Å². The third-order valence-electron chi connectivity index (χ3n) is 2.42. The summed E-state index contributed by atoms with van der Waals surface area (Å²) in [4.78, 5) is 3.98. The third kappa shape index (κ3) is 2.15. The van der Waals surface area contributed by atoms with E-state index in [9.17, 15) is 4.39 Å². The number of hydrogen-bond acceptors (Lipinski definition) is 2. The lowest BCUT2D eigenvalue weighted by Gasteiger charge is -2.09. The molecule has 1 aromatic heterocycles. The van der Waals surface area contributed by atoms with Crippen LogP contribution in [0.1, 0.15) is 18.4 Å². The number of anilines is 1. The number of pyridine rings is 1. The summed E-state index contributed by atoms with van der Waals surface area (Å²) in [5.41, 5.74) is 0.754. The lowest BCUT2D eigenvalue weighted by Crippen LogP contribution is -2.16. The molecule has 14 heavy (non-hydrogen) atoms. The number of halogens is 2. The van der Waals surface area contributed by atoms with Gasteiger partial charge in [0.05, 0.1) is 11.9 Å². The maximum atomic E-state index is 13.3. The van der Waals surface area contributed by atoms with E-state index in [0.717, 1.165) is 11.3 Å². The molecule has 1 saturated carbocycles. The molecule has 0 spiro atoms. The van der Waals surface area contributed by atoms with E-state index < -0.39 is 5.67 Å². The van der Waals surface area contributed by atoms with Crippen molar-refractivity contribution in [3.05, 3.63) is 23.0 Å². The van der Waals surface area contributed by atoms with Crippen molar-refractivity contribution in [3.8, 4) is 0 Å². The van der Waals surface area contributed by atoms with Gasteiger partial charge in [-0.25, -0.2) is 9.37 Å². The molecule has 0 amide bonds. The second kappa shape index (κ2) is 3.39. The number of rotatable bonds is 3. The normalized spacial score (nSPS) is 17.9. The number of nitrogens with zero attached hydrogens (tertiary/aromatic N) is 1. The smallest absolute Gasteiger partial charge is 0.132 e. The number of aryl methyl sites for hydroxylation is 1. The summed E-state index contributed by atoms with van der Waals surface area (Å²) in [5.74, 6) is 0. The van der Waals surface area contributed by atoms with Gasteiger partial charge >= 0.3 is 0 Å². The minimum atomic E-state index is -0.979. The summed E-state index contributed by atoms with van der Waals surface area (Å²) in [6, 6.07) is 1.88. The van der Waals surface area contributed by atoms with E-state index in [4.69, 9.17) is 11.6 Å². The lowest BCUT2D eigenvalue weighted by molar-refractivity contribution is 0.326. The summed E-state index contributed by atoms with van der Waals surface area (Å²) in [6.45, 7) is 2.25. The third-order valence-corrected chi connectivity index (χ3v) is 2.81. The highest BCUT2D eigenvalue weighted by Gasteiger charge is 2.42. The van der Waals surface area contributed by atoms with E-state index in [1.165, 1.54) is 0 Å². The van der Waals surface area contributed by atoms with Gasteiger partial charge < -0.3 is 5.32 Å². The number of alkyl halides is 1. The zero-order valence-electron chi connectivity index (χ0n) is 7.98. The molecule has 76 valence electrons. The molecular formula is C10H12ClFN2. The summed E-state index contributed by atoms with van der Waals surface area (Å²) < 4.78 is 13.3. The topological polar surface area (TPSA) is 24.9 Å². The predicted octanol–water partition coefficient (Wildman–Crippen LogP) is 2.96. The van der Waals surface area contributed by atoms with Crippen molar-refractivity contribution in [1.29, 1.82) is 0 Å². The molecule has 1 fully saturated rings. The lowest BCUT2D eigenvalue weighted by atomic mass is 10.3. The molecule has 2 nitrogen and oxygen atoms in total. The van der Waals surface area contributed by atoms with E-state index in [-0.39, 0.29) is 0 Å². The van der Waals surface area contributed by atoms with Crippen LogP contribution in [-0.4, -0.2) is 17.2 Å². The molecule has 4 heteroatoms. The van der Waals surface area contributed by atoms with Crippen molar-refractivity contribution >= 4 is 17.3 Å². The number of nitrogens with one attached hydrogen (secondary N) is 1. The summed E-state index contributed by atoms with van der Waals surface area (Å²) in [5, 5.41) is 3.52. The quantitative estimate of drug-likeness (QED) is 0.783. The van der Waals surface area contributed by atoms with Crippen molar-refractivity contribution < 1.29 is 4.39 Å². The Morgan fingerprint density at radius 2 is 2.36 bits per heavy atom. The van der Waals surface area contributed by atoms with Crippen molar-refractivity contribution in [3.63, 3.8) is 0 Å². The molecule has 0 radical (unpaired) electrons. The molecule has 1 aliphatic carbocycles. The molecule has 0 atom stereocenters. The van der Waals surface area contributed by atoms with Gasteiger partial charge in [-0.05, 0) is 31.4 Å². The Kier molecular flexibility index (Phi) is 2.35. The van der Waals surface area contributed by atoms with Gasteiger partial charge in [0, 0.05) is 6.54 Å². The molecule has 0 bridgehead atoms. The van der Waals surface area contributed by atoms with Crippen LogP contribution in [0.5, 0.6) is 0 Å². The van der Waals surface area contributed by atoms with Crippen LogP contribution < -0.4 is 5.32 Å². The molecular weight excluding hydrogens is 203 g/mol. The highest BCUT2D eigenvalue weighted by Crippen LogP contribution is 2.39. The van der Waals surface area contributed by atoms with Crippen LogP contribution in [-0.2, 0) is 0 Å². The first kappa shape index (κ1) is 9.71. The molecule has 1 aliphatic rings. The maximum Gasteiger partial charge on any atom is 0.132 e. The van der Waals surface area contributed by atoms with Gasteiger partial charge in [0.15, 0.2) is 0 Å². The first-order valence-electron chi connectivity index (χ1n) is 4.64. The average Bonchev–Trinajstić information content (AvgIpc) is 2.87. The Hall–Kier alpha value is -0.830. The van der Waals surface area contributed by atoms with Crippen LogP contribution in [0, 0.1) is 6.92 Å². The van der Waals surface area contributed by atoms with Crippen LogP contribution in [0.25, 0.3) is 0 Å². The van der Waals surface area contributed by atoms with Gasteiger partial charge in [-0.3, -0.25) is 0 Å². The zero-order valence-corrected chi connectivity index (χ0v) is 8.74. The standard InChI is InChI=1S/C10H12ClFN2/c1-7-4-8(5-13-9(7)11)14-6-10(12)2-3-10/h4-5,14H,2-3,6H2,1H3. The van der Waals surface area contributed by atoms with Crippen LogP contribution in [0.2, 0.25) is 5.15 Å². The average molecular weight is 215 g/mol. The molecule has 2 rings (SSSR count). The fraction of sp³-hybridized carbons (Fsp3) is 0.500.